The zero-order valence-electron chi connectivity index (χ0n) is 17.6. The SMILES string of the molecule is CCCNC(=O)[C@@H](CC)N(Cc1cccc(C)c1)C(=O)CCc1ccccc1Cl. The Morgan fingerprint density at radius 2 is 1.86 bits per heavy atom. The van der Waals surface area contributed by atoms with Crippen LogP contribution in [0, 0.1) is 6.92 Å². The van der Waals surface area contributed by atoms with E-state index in [4.69, 9.17) is 11.6 Å². The molecule has 156 valence electrons. The molecule has 1 atom stereocenters. The number of nitrogens with one attached hydrogen (secondary N) is 1. The molecule has 4 nitrogen and oxygen atoms in total. The van der Waals surface area contributed by atoms with Gasteiger partial charge in [0, 0.05) is 24.5 Å². The molecule has 2 rings (SSSR count). The number of halogens is 1. The van der Waals surface area contributed by atoms with Crippen LogP contribution in [-0.4, -0.2) is 29.3 Å². The van der Waals surface area contributed by atoms with Crippen molar-refractivity contribution in [3.8, 4) is 0 Å². The third-order valence-electron chi connectivity index (χ3n) is 4.94. The van der Waals surface area contributed by atoms with E-state index in [-0.39, 0.29) is 11.8 Å². The molecule has 29 heavy (non-hydrogen) atoms. The zero-order chi connectivity index (χ0) is 21.2. The summed E-state index contributed by atoms with van der Waals surface area (Å²) < 4.78 is 0. The highest BCUT2D eigenvalue weighted by atomic mass is 35.5. The van der Waals surface area contributed by atoms with Crippen LogP contribution in [0.2, 0.25) is 5.02 Å². The molecule has 2 amide bonds. The van der Waals surface area contributed by atoms with Crippen LogP contribution in [0.15, 0.2) is 48.5 Å². The van der Waals surface area contributed by atoms with Crippen molar-refractivity contribution in [1.82, 2.24) is 10.2 Å². The average molecular weight is 415 g/mol. The molecule has 0 aliphatic carbocycles. The van der Waals surface area contributed by atoms with Gasteiger partial charge in [-0.3, -0.25) is 9.59 Å². The fourth-order valence-corrected chi connectivity index (χ4v) is 3.61. The Labute approximate surface area is 179 Å². The first-order valence-corrected chi connectivity index (χ1v) is 10.7. The quantitative estimate of drug-likeness (QED) is 0.600. The van der Waals surface area contributed by atoms with Crippen molar-refractivity contribution >= 4 is 23.4 Å². The van der Waals surface area contributed by atoms with E-state index in [1.807, 2.05) is 63.2 Å². The van der Waals surface area contributed by atoms with Gasteiger partial charge in [-0.2, -0.15) is 0 Å². The fourth-order valence-electron chi connectivity index (χ4n) is 3.38. The lowest BCUT2D eigenvalue weighted by atomic mass is 10.1. The summed E-state index contributed by atoms with van der Waals surface area (Å²) >= 11 is 6.24. The van der Waals surface area contributed by atoms with Crippen molar-refractivity contribution in [3.63, 3.8) is 0 Å². The lowest BCUT2D eigenvalue weighted by Crippen LogP contribution is -2.49. The standard InChI is InChI=1S/C24H31ClN2O2/c1-4-15-26-24(29)22(5-2)27(17-19-10-8-9-18(3)16-19)23(28)14-13-20-11-6-7-12-21(20)25/h6-12,16,22H,4-5,13-15,17H2,1-3H3,(H,26,29)/t22-/m1/s1. The Kier molecular flexibility index (Phi) is 9.20. The van der Waals surface area contributed by atoms with Crippen molar-refractivity contribution in [2.75, 3.05) is 6.54 Å². The molecule has 0 bridgehead atoms. The smallest absolute Gasteiger partial charge is 0.242 e. The number of aryl methyl sites for hydroxylation is 2. The summed E-state index contributed by atoms with van der Waals surface area (Å²) in [5, 5.41) is 3.61. The topological polar surface area (TPSA) is 49.4 Å². The van der Waals surface area contributed by atoms with Gasteiger partial charge >= 0.3 is 0 Å². The second-order valence-corrected chi connectivity index (χ2v) is 7.72. The van der Waals surface area contributed by atoms with Gasteiger partial charge < -0.3 is 10.2 Å². The molecule has 0 aliphatic rings. The number of amides is 2. The maximum Gasteiger partial charge on any atom is 0.242 e. The zero-order valence-corrected chi connectivity index (χ0v) is 18.3. The maximum absolute atomic E-state index is 13.2. The van der Waals surface area contributed by atoms with Crippen molar-refractivity contribution in [2.24, 2.45) is 0 Å². The molecule has 0 aromatic heterocycles. The second-order valence-electron chi connectivity index (χ2n) is 7.32. The van der Waals surface area contributed by atoms with E-state index >= 15 is 0 Å². The highest BCUT2D eigenvalue weighted by Gasteiger charge is 2.28. The number of rotatable bonds is 10. The lowest BCUT2D eigenvalue weighted by molar-refractivity contribution is -0.141. The largest absolute Gasteiger partial charge is 0.354 e. The molecule has 2 aromatic carbocycles. The first-order valence-electron chi connectivity index (χ1n) is 10.3. The van der Waals surface area contributed by atoms with E-state index in [0.717, 1.165) is 23.1 Å². The molecule has 2 aromatic rings. The van der Waals surface area contributed by atoms with E-state index in [1.54, 1.807) is 4.90 Å². The normalized spacial score (nSPS) is 11.7. The summed E-state index contributed by atoms with van der Waals surface area (Å²) in [5.41, 5.74) is 3.11. The molecule has 5 heteroatoms. The molecule has 0 unspecified atom stereocenters. The van der Waals surface area contributed by atoms with Crippen LogP contribution in [0.25, 0.3) is 0 Å². The number of benzene rings is 2. The third kappa shape index (κ3) is 6.90. The minimum absolute atomic E-state index is 0.0371. The van der Waals surface area contributed by atoms with Crippen LogP contribution < -0.4 is 5.32 Å². The van der Waals surface area contributed by atoms with Gasteiger partial charge in [0.2, 0.25) is 11.8 Å². The van der Waals surface area contributed by atoms with Crippen molar-refractivity contribution in [2.45, 2.75) is 59.0 Å². The molecule has 0 heterocycles. The van der Waals surface area contributed by atoms with E-state index < -0.39 is 6.04 Å². The van der Waals surface area contributed by atoms with Crippen LogP contribution in [-0.2, 0) is 22.6 Å². The molecule has 0 spiro atoms. The Morgan fingerprint density at radius 1 is 1.10 bits per heavy atom. The van der Waals surface area contributed by atoms with Crippen LogP contribution in [0.1, 0.15) is 49.8 Å². The first-order chi connectivity index (χ1) is 14.0. The summed E-state index contributed by atoms with van der Waals surface area (Å²) in [5.74, 6) is -0.127. The summed E-state index contributed by atoms with van der Waals surface area (Å²) in [4.78, 5) is 27.7. The monoisotopic (exact) mass is 414 g/mol. The van der Waals surface area contributed by atoms with Crippen molar-refractivity contribution in [1.29, 1.82) is 0 Å². The molecule has 0 aliphatic heterocycles. The molecule has 1 N–H and O–H groups in total. The Balaban J connectivity index is 2.20. The van der Waals surface area contributed by atoms with E-state index in [2.05, 4.69) is 11.4 Å². The fraction of sp³-hybridized carbons (Fsp3) is 0.417. The van der Waals surface area contributed by atoms with E-state index in [0.29, 0.717) is 37.4 Å². The molecular weight excluding hydrogens is 384 g/mol. The Morgan fingerprint density at radius 3 is 2.52 bits per heavy atom. The van der Waals surface area contributed by atoms with Crippen LogP contribution in [0.4, 0.5) is 0 Å². The van der Waals surface area contributed by atoms with Gasteiger partial charge in [0.15, 0.2) is 0 Å². The minimum Gasteiger partial charge on any atom is -0.354 e. The predicted molar refractivity (Wildman–Crippen MR) is 119 cm³/mol. The van der Waals surface area contributed by atoms with E-state index in [9.17, 15) is 9.59 Å². The van der Waals surface area contributed by atoms with Gasteiger partial charge in [-0.05, 0) is 43.4 Å². The van der Waals surface area contributed by atoms with Gasteiger partial charge in [0.25, 0.3) is 0 Å². The summed E-state index contributed by atoms with van der Waals surface area (Å²) in [6.07, 6.45) is 2.29. The average Bonchev–Trinajstić information content (AvgIpc) is 2.71. The van der Waals surface area contributed by atoms with Crippen molar-refractivity contribution in [3.05, 3.63) is 70.2 Å². The van der Waals surface area contributed by atoms with Gasteiger partial charge in [0.05, 0.1) is 0 Å². The lowest BCUT2D eigenvalue weighted by Gasteiger charge is -2.31. The highest BCUT2D eigenvalue weighted by molar-refractivity contribution is 6.31. The minimum atomic E-state index is -0.485. The van der Waals surface area contributed by atoms with Crippen LogP contribution in [0.3, 0.4) is 0 Å². The molecule has 0 saturated heterocycles. The van der Waals surface area contributed by atoms with Gasteiger partial charge in [-0.25, -0.2) is 0 Å². The first kappa shape index (κ1) is 23.0. The summed E-state index contributed by atoms with van der Waals surface area (Å²) in [6.45, 7) is 7.02. The van der Waals surface area contributed by atoms with Gasteiger partial charge in [0.1, 0.15) is 6.04 Å². The highest BCUT2D eigenvalue weighted by Crippen LogP contribution is 2.19. The second kappa shape index (κ2) is 11.6. The number of hydrogen-bond donors (Lipinski definition) is 1. The maximum atomic E-state index is 13.2. The van der Waals surface area contributed by atoms with Crippen molar-refractivity contribution < 1.29 is 9.59 Å². The number of carbonyl (C=O) groups is 2. The Hall–Kier alpha value is -2.33. The van der Waals surface area contributed by atoms with Crippen LogP contribution in [0.5, 0.6) is 0 Å². The van der Waals surface area contributed by atoms with E-state index in [1.165, 1.54) is 0 Å². The predicted octanol–water partition coefficient (Wildman–Crippen LogP) is 4.91. The molecule has 0 saturated carbocycles. The molecular formula is C24H31ClN2O2. The Bertz CT molecular complexity index is 822. The summed E-state index contributed by atoms with van der Waals surface area (Å²) in [6, 6.07) is 15.1. The van der Waals surface area contributed by atoms with Crippen LogP contribution >= 0.6 is 11.6 Å². The van der Waals surface area contributed by atoms with Gasteiger partial charge in [-0.15, -0.1) is 0 Å². The molecule has 0 radical (unpaired) electrons. The van der Waals surface area contributed by atoms with Gasteiger partial charge in [-0.1, -0.05) is 73.5 Å². The number of nitrogens with zero attached hydrogens (tertiary/aromatic N) is 1. The number of carbonyl (C=O) groups excluding carboxylic acids is 2. The number of hydrogen-bond acceptors (Lipinski definition) is 2. The third-order valence-corrected chi connectivity index (χ3v) is 5.31. The summed E-state index contributed by atoms with van der Waals surface area (Å²) in [7, 11) is 0. The molecule has 0 fully saturated rings.